The van der Waals surface area contributed by atoms with Gasteiger partial charge in [0.05, 0.1) is 30.8 Å². The van der Waals surface area contributed by atoms with E-state index in [1.807, 2.05) is 38.1 Å². The van der Waals surface area contributed by atoms with E-state index in [2.05, 4.69) is 14.5 Å². The van der Waals surface area contributed by atoms with Gasteiger partial charge in [-0.3, -0.25) is 4.99 Å². The Kier molecular flexibility index (Phi) is 3.25. The molecule has 2 aliphatic rings. The van der Waals surface area contributed by atoms with Gasteiger partial charge in [0.25, 0.3) is 0 Å². The minimum absolute atomic E-state index is 0.593. The molecule has 2 heterocycles. The second-order valence-electron chi connectivity index (χ2n) is 4.14. The fourth-order valence-electron chi connectivity index (χ4n) is 1.89. The number of rotatable bonds is 3. The van der Waals surface area contributed by atoms with Crippen LogP contribution in [0.15, 0.2) is 38.8 Å². The summed E-state index contributed by atoms with van der Waals surface area (Å²) in [6, 6.07) is 7.95. The lowest BCUT2D eigenvalue weighted by atomic mass is 10.1. The summed E-state index contributed by atoms with van der Waals surface area (Å²) in [4.78, 5) is 4.49. The predicted octanol–water partition coefficient (Wildman–Crippen LogP) is 2.54. The van der Waals surface area contributed by atoms with Crippen molar-refractivity contribution in [3.05, 3.63) is 29.8 Å². The van der Waals surface area contributed by atoms with Gasteiger partial charge in [-0.2, -0.15) is 14.5 Å². The van der Waals surface area contributed by atoms with Gasteiger partial charge in [0.2, 0.25) is 5.17 Å². The Balaban J connectivity index is 1.83. The van der Waals surface area contributed by atoms with E-state index in [-0.39, 0.29) is 0 Å². The van der Waals surface area contributed by atoms with Gasteiger partial charge in [0.1, 0.15) is 11.6 Å². The fourth-order valence-corrected chi connectivity index (χ4v) is 2.55. The molecule has 6 heteroatoms. The van der Waals surface area contributed by atoms with Crippen molar-refractivity contribution in [2.45, 2.75) is 13.8 Å². The number of nitrogens with zero attached hydrogens (tertiary/aromatic N) is 4. The van der Waals surface area contributed by atoms with Gasteiger partial charge in [-0.1, -0.05) is 0 Å². The van der Waals surface area contributed by atoms with Crippen LogP contribution in [-0.2, 0) is 0 Å². The van der Waals surface area contributed by atoms with Gasteiger partial charge >= 0.3 is 0 Å². The van der Waals surface area contributed by atoms with Crippen LogP contribution in [-0.4, -0.2) is 34.9 Å². The van der Waals surface area contributed by atoms with Crippen LogP contribution in [0.2, 0.25) is 0 Å². The third-order valence-electron chi connectivity index (χ3n) is 2.83. The minimum Gasteiger partial charge on any atom is -0.494 e. The van der Waals surface area contributed by atoms with E-state index in [1.165, 1.54) is 11.9 Å². The number of hydrazone groups is 1. The molecule has 0 aliphatic carbocycles. The Morgan fingerprint density at radius 2 is 2.11 bits per heavy atom. The smallest absolute Gasteiger partial charge is 0.209 e. The van der Waals surface area contributed by atoms with E-state index in [1.54, 1.807) is 5.01 Å². The summed E-state index contributed by atoms with van der Waals surface area (Å²) in [7, 11) is 0. The van der Waals surface area contributed by atoms with Crippen LogP contribution in [0, 0.1) is 0 Å². The second-order valence-corrected chi connectivity index (χ2v) is 4.87. The zero-order valence-corrected chi connectivity index (χ0v) is 11.6. The number of aliphatic imine (C=N–C) groups is 1. The monoisotopic (exact) mass is 274 g/mol. The highest BCUT2D eigenvalue weighted by Crippen LogP contribution is 2.24. The van der Waals surface area contributed by atoms with E-state index < -0.39 is 0 Å². The number of benzene rings is 1. The van der Waals surface area contributed by atoms with Gasteiger partial charge in [-0.15, -0.1) is 0 Å². The summed E-state index contributed by atoms with van der Waals surface area (Å²) in [5, 5.41) is 7.24. The van der Waals surface area contributed by atoms with Gasteiger partial charge in [0.15, 0.2) is 0 Å². The first-order chi connectivity index (χ1) is 9.28. The first kappa shape index (κ1) is 12.2. The number of fused-ring (bicyclic) bond motifs is 1. The van der Waals surface area contributed by atoms with Gasteiger partial charge in [-0.25, -0.2) is 0 Å². The topological polar surface area (TPSA) is 49.5 Å². The Labute approximate surface area is 116 Å². The van der Waals surface area contributed by atoms with Crippen molar-refractivity contribution in [1.29, 1.82) is 0 Å². The highest BCUT2D eigenvalue weighted by atomic mass is 32.2. The van der Waals surface area contributed by atoms with E-state index in [4.69, 9.17) is 4.74 Å². The van der Waals surface area contributed by atoms with Crippen molar-refractivity contribution in [2.75, 3.05) is 13.2 Å². The standard InChI is InChI=1S/C13H14N4OS/c1-3-18-11-6-4-10(5-7-11)12-8-14-13-17(15-12)9(2)16-19-13/h4-7H,3,8H2,1-2H3. The quantitative estimate of drug-likeness (QED) is 0.796. The molecule has 0 radical (unpaired) electrons. The molecule has 2 aliphatic heterocycles. The average Bonchev–Trinajstić information content (AvgIpc) is 2.81. The van der Waals surface area contributed by atoms with Gasteiger partial charge in [-0.05, 0) is 43.7 Å². The van der Waals surface area contributed by atoms with Crippen molar-refractivity contribution in [3.63, 3.8) is 0 Å². The number of ether oxygens (including phenoxy) is 1. The van der Waals surface area contributed by atoms with E-state index in [0.29, 0.717) is 13.2 Å². The van der Waals surface area contributed by atoms with Crippen LogP contribution in [0.5, 0.6) is 5.75 Å². The Morgan fingerprint density at radius 1 is 1.32 bits per heavy atom. The maximum Gasteiger partial charge on any atom is 0.209 e. The van der Waals surface area contributed by atoms with Crippen molar-refractivity contribution in [3.8, 4) is 5.75 Å². The van der Waals surface area contributed by atoms with E-state index in [9.17, 15) is 0 Å². The molecule has 0 bridgehead atoms. The van der Waals surface area contributed by atoms with Gasteiger partial charge in [0, 0.05) is 0 Å². The molecular formula is C13H14N4OS. The molecule has 0 amide bonds. The second kappa shape index (κ2) is 5.05. The predicted molar refractivity (Wildman–Crippen MR) is 79.0 cm³/mol. The number of hydrogen-bond acceptors (Lipinski definition) is 6. The molecule has 98 valence electrons. The lowest BCUT2D eigenvalue weighted by molar-refractivity contribution is 0.340. The third-order valence-corrected chi connectivity index (χ3v) is 3.65. The van der Waals surface area contributed by atoms with Crippen LogP contribution in [0.1, 0.15) is 19.4 Å². The van der Waals surface area contributed by atoms with Crippen molar-refractivity contribution >= 4 is 28.7 Å². The number of hydrogen-bond donors (Lipinski definition) is 0. The molecule has 0 fully saturated rings. The average molecular weight is 274 g/mol. The Morgan fingerprint density at radius 3 is 2.84 bits per heavy atom. The molecule has 19 heavy (non-hydrogen) atoms. The largest absolute Gasteiger partial charge is 0.494 e. The molecule has 5 nitrogen and oxygen atoms in total. The zero-order valence-electron chi connectivity index (χ0n) is 10.8. The normalized spacial score (nSPS) is 17.6. The molecule has 0 saturated heterocycles. The van der Waals surface area contributed by atoms with E-state index >= 15 is 0 Å². The lowest BCUT2D eigenvalue weighted by Gasteiger charge is -2.18. The van der Waals surface area contributed by atoms with Gasteiger partial charge < -0.3 is 4.74 Å². The first-order valence-electron chi connectivity index (χ1n) is 6.15. The van der Waals surface area contributed by atoms with Crippen LogP contribution in [0.25, 0.3) is 0 Å². The zero-order chi connectivity index (χ0) is 13.2. The highest BCUT2D eigenvalue weighted by Gasteiger charge is 2.25. The molecule has 1 aromatic carbocycles. The van der Waals surface area contributed by atoms with Crippen LogP contribution in [0.4, 0.5) is 0 Å². The molecule has 0 spiro atoms. The Bertz CT molecular complexity index is 577. The summed E-state index contributed by atoms with van der Waals surface area (Å²) >= 11 is 1.38. The van der Waals surface area contributed by atoms with Crippen LogP contribution in [0.3, 0.4) is 0 Å². The fraction of sp³-hybridized carbons (Fsp3) is 0.308. The maximum atomic E-state index is 5.43. The van der Waals surface area contributed by atoms with Crippen LogP contribution >= 0.6 is 11.9 Å². The van der Waals surface area contributed by atoms with E-state index in [0.717, 1.165) is 28.0 Å². The molecular weight excluding hydrogens is 260 g/mol. The lowest BCUT2D eigenvalue weighted by Crippen LogP contribution is -2.30. The molecule has 0 aromatic heterocycles. The SMILES string of the molecule is CCOc1ccc(C2=NN3C(C)=NSC3=NC2)cc1. The van der Waals surface area contributed by atoms with Crippen molar-refractivity contribution < 1.29 is 4.74 Å². The molecule has 0 unspecified atom stereocenters. The summed E-state index contributed by atoms with van der Waals surface area (Å²) in [6.45, 7) is 5.17. The van der Waals surface area contributed by atoms with Crippen molar-refractivity contribution in [2.24, 2.45) is 14.5 Å². The highest BCUT2D eigenvalue weighted by molar-refractivity contribution is 8.13. The molecule has 0 saturated carbocycles. The summed E-state index contributed by atoms with van der Waals surface area (Å²) < 4.78 is 9.68. The summed E-state index contributed by atoms with van der Waals surface area (Å²) in [5.74, 6) is 1.74. The maximum absolute atomic E-state index is 5.43. The molecule has 3 rings (SSSR count). The summed E-state index contributed by atoms with van der Waals surface area (Å²) in [5.41, 5.74) is 2.01. The third kappa shape index (κ3) is 2.35. The van der Waals surface area contributed by atoms with Crippen LogP contribution < -0.4 is 4.74 Å². The Hall–Kier alpha value is -1.82. The number of amidine groups is 2. The minimum atomic E-state index is 0.593. The molecule has 0 N–H and O–H groups in total. The summed E-state index contributed by atoms with van der Waals surface area (Å²) in [6.07, 6.45) is 0. The molecule has 0 atom stereocenters. The first-order valence-corrected chi connectivity index (χ1v) is 6.92. The molecule has 1 aromatic rings. The van der Waals surface area contributed by atoms with Crippen molar-refractivity contribution in [1.82, 2.24) is 5.01 Å².